The van der Waals surface area contributed by atoms with E-state index in [1.54, 1.807) is 12.5 Å². The van der Waals surface area contributed by atoms with Gasteiger partial charge in [0.2, 0.25) is 0 Å². The van der Waals surface area contributed by atoms with Crippen LogP contribution >= 0.6 is 11.6 Å². The average molecular weight is 204 g/mol. The first-order valence-electron chi connectivity index (χ1n) is 4.22. The van der Waals surface area contributed by atoms with Crippen LogP contribution in [-0.4, -0.2) is 15.0 Å². The molecule has 0 aliphatic heterocycles. The van der Waals surface area contributed by atoms with Crippen LogP contribution in [0.25, 0.3) is 21.9 Å². The van der Waals surface area contributed by atoms with Gasteiger partial charge in [0.05, 0.1) is 22.4 Å². The van der Waals surface area contributed by atoms with Gasteiger partial charge in [0, 0.05) is 11.6 Å². The number of halogens is 1. The van der Waals surface area contributed by atoms with Crippen molar-refractivity contribution < 1.29 is 0 Å². The van der Waals surface area contributed by atoms with Gasteiger partial charge in [-0.25, -0.2) is 4.98 Å². The highest BCUT2D eigenvalue weighted by molar-refractivity contribution is 6.31. The van der Waals surface area contributed by atoms with Crippen molar-refractivity contribution in [3.05, 3.63) is 35.7 Å². The molecule has 3 aromatic rings. The molecule has 0 saturated heterocycles. The van der Waals surface area contributed by atoms with Gasteiger partial charge in [-0.3, -0.25) is 4.98 Å². The predicted molar refractivity (Wildman–Crippen MR) is 56.4 cm³/mol. The van der Waals surface area contributed by atoms with Gasteiger partial charge >= 0.3 is 0 Å². The Bertz CT molecular complexity index is 615. The molecule has 0 spiro atoms. The molecule has 0 fully saturated rings. The Kier molecular flexibility index (Phi) is 1.49. The summed E-state index contributed by atoms with van der Waals surface area (Å²) < 4.78 is 0. The van der Waals surface area contributed by atoms with Gasteiger partial charge in [0.15, 0.2) is 0 Å². The summed E-state index contributed by atoms with van der Waals surface area (Å²) >= 11 is 5.85. The van der Waals surface area contributed by atoms with Crippen molar-refractivity contribution in [2.24, 2.45) is 0 Å². The number of imidazole rings is 1. The molecule has 0 radical (unpaired) electrons. The third kappa shape index (κ3) is 0.992. The number of pyridine rings is 1. The van der Waals surface area contributed by atoms with Crippen molar-refractivity contribution in [2.75, 3.05) is 0 Å². The molecule has 0 aliphatic rings. The second-order valence-corrected chi connectivity index (χ2v) is 3.53. The zero-order valence-electron chi connectivity index (χ0n) is 7.16. The molecule has 0 amide bonds. The van der Waals surface area contributed by atoms with Crippen molar-refractivity contribution in [1.29, 1.82) is 0 Å². The number of hydrogen-bond acceptors (Lipinski definition) is 2. The minimum Gasteiger partial charge on any atom is -0.345 e. The number of fused-ring (bicyclic) bond motifs is 3. The Labute approximate surface area is 84.7 Å². The molecule has 68 valence electrons. The Morgan fingerprint density at radius 2 is 2.07 bits per heavy atom. The summed E-state index contributed by atoms with van der Waals surface area (Å²) in [5, 5.41) is 1.66. The largest absolute Gasteiger partial charge is 0.345 e. The van der Waals surface area contributed by atoms with E-state index in [9.17, 15) is 0 Å². The van der Waals surface area contributed by atoms with Crippen molar-refractivity contribution in [2.45, 2.75) is 0 Å². The first-order valence-corrected chi connectivity index (χ1v) is 4.60. The molecule has 0 bridgehead atoms. The maximum atomic E-state index is 5.85. The molecule has 2 heterocycles. The molecule has 0 unspecified atom stereocenters. The lowest BCUT2D eigenvalue weighted by Gasteiger charge is -1.97. The van der Waals surface area contributed by atoms with Crippen LogP contribution in [0.2, 0.25) is 5.02 Å². The number of nitrogens with zero attached hydrogens (tertiary/aromatic N) is 2. The van der Waals surface area contributed by atoms with E-state index in [0.29, 0.717) is 5.02 Å². The van der Waals surface area contributed by atoms with Crippen molar-refractivity contribution in [3.63, 3.8) is 0 Å². The Morgan fingerprint density at radius 3 is 3.00 bits per heavy atom. The minimum absolute atomic E-state index is 0.646. The lowest BCUT2D eigenvalue weighted by atomic mass is 10.2. The predicted octanol–water partition coefficient (Wildman–Crippen LogP) is 2.76. The molecule has 0 atom stereocenters. The lowest BCUT2D eigenvalue weighted by Crippen LogP contribution is -1.80. The first kappa shape index (κ1) is 7.76. The van der Waals surface area contributed by atoms with Crippen LogP contribution in [0.4, 0.5) is 0 Å². The maximum Gasteiger partial charge on any atom is 0.114 e. The molecule has 3 nitrogen and oxygen atoms in total. The smallest absolute Gasteiger partial charge is 0.114 e. The highest BCUT2D eigenvalue weighted by Gasteiger charge is 2.03. The van der Waals surface area contributed by atoms with E-state index < -0.39 is 0 Å². The zero-order chi connectivity index (χ0) is 9.54. The van der Waals surface area contributed by atoms with Crippen LogP contribution in [-0.2, 0) is 0 Å². The van der Waals surface area contributed by atoms with E-state index in [4.69, 9.17) is 11.6 Å². The molecule has 4 heteroatoms. The van der Waals surface area contributed by atoms with Crippen LogP contribution in [0.5, 0.6) is 0 Å². The monoisotopic (exact) mass is 203 g/mol. The van der Waals surface area contributed by atoms with E-state index in [1.807, 2.05) is 18.2 Å². The standard InChI is InChI=1S/C10H6ClN3/c11-7-3-6-1-2-8-10(14-5-13-8)9(6)12-4-7/h1-5H,(H,13,14). The summed E-state index contributed by atoms with van der Waals surface area (Å²) in [6.45, 7) is 0. The Morgan fingerprint density at radius 1 is 1.14 bits per heavy atom. The van der Waals surface area contributed by atoms with Gasteiger partial charge in [-0.15, -0.1) is 0 Å². The van der Waals surface area contributed by atoms with Gasteiger partial charge in [-0.2, -0.15) is 0 Å². The number of aromatic nitrogens is 3. The Hall–Kier alpha value is -1.61. The quantitative estimate of drug-likeness (QED) is 0.611. The van der Waals surface area contributed by atoms with Crippen molar-refractivity contribution >= 4 is 33.5 Å². The van der Waals surface area contributed by atoms with Crippen LogP contribution < -0.4 is 0 Å². The van der Waals surface area contributed by atoms with Crippen LogP contribution in [0.3, 0.4) is 0 Å². The molecule has 2 aromatic heterocycles. The fraction of sp³-hybridized carbons (Fsp3) is 0. The summed E-state index contributed by atoms with van der Waals surface area (Å²) in [5.41, 5.74) is 2.76. The number of H-pyrrole nitrogens is 1. The average Bonchev–Trinajstić information content (AvgIpc) is 2.65. The fourth-order valence-electron chi connectivity index (χ4n) is 1.57. The Balaban J connectivity index is 2.57. The summed E-state index contributed by atoms with van der Waals surface area (Å²) in [6.07, 6.45) is 3.30. The molecule has 1 N–H and O–H groups in total. The van der Waals surface area contributed by atoms with Gasteiger partial charge in [0.1, 0.15) is 5.52 Å². The lowest BCUT2D eigenvalue weighted by molar-refractivity contribution is 1.34. The highest BCUT2D eigenvalue weighted by atomic mass is 35.5. The molecular formula is C10H6ClN3. The molecular weight excluding hydrogens is 198 g/mol. The second kappa shape index (κ2) is 2.69. The van der Waals surface area contributed by atoms with Gasteiger partial charge < -0.3 is 4.98 Å². The van der Waals surface area contributed by atoms with E-state index >= 15 is 0 Å². The first-order chi connectivity index (χ1) is 6.84. The number of benzene rings is 1. The van der Waals surface area contributed by atoms with E-state index in [1.165, 1.54) is 0 Å². The molecule has 3 rings (SSSR count). The maximum absolute atomic E-state index is 5.85. The number of hydrogen-bond donors (Lipinski definition) is 1. The van der Waals surface area contributed by atoms with Gasteiger partial charge in [-0.05, 0) is 12.1 Å². The second-order valence-electron chi connectivity index (χ2n) is 3.09. The molecule has 0 saturated carbocycles. The zero-order valence-corrected chi connectivity index (χ0v) is 7.92. The normalized spacial score (nSPS) is 11.2. The summed E-state index contributed by atoms with van der Waals surface area (Å²) in [7, 11) is 0. The fourth-order valence-corrected chi connectivity index (χ4v) is 1.74. The summed E-state index contributed by atoms with van der Waals surface area (Å²) in [5.74, 6) is 0. The molecule has 0 aliphatic carbocycles. The van der Waals surface area contributed by atoms with E-state index in [2.05, 4.69) is 15.0 Å². The highest BCUT2D eigenvalue weighted by Crippen LogP contribution is 2.22. The number of nitrogens with one attached hydrogen (secondary N) is 1. The molecule has 14 heavy (non-hydrogen) atoms. The van der Waals surface area contributed by atoms with Crippen LogP contribution in [0, 0.1) is 0 Å². The number of rotatable bonds is 0. The van der Waals surface area contributed by atoms with Crippen LogP contribution in [0.1, 0.15) is 0 Å². The van der Waals surface area contributed by atoms with Gasteiger partial charge in [0.25, 0.3) is 0 Å². The SMILES string of the molecule is Clc1cnc2c(ccc3[nH]cnc32)c1. The van der Waals surface area contributed by atoms with Crippen molar-refractivity contribution in [1.82, 2.24) is 15.0 Å². The van der Waals surface area contributed by atoms with E-state index in [0.717, 1.165) is 21.9 Å². The molecule has 1 aromatic carbocycles. The van der Waals surface area contributed by atoms with Crippen LogP contribution in [0.15, 0.2) is 30.7 Å². The van der Waals surface area contributed by atoms with Crippen molar-refractivity contribution in [3.8, 4) is 0 Å². The van der Waals surface area contributed by atoms with E-state index in [-0.39, 0.29) is 0 Å². The van der Waals surface area contributed by atoms with Gasteiger partial charge in [-0.1, -0.05) is 17.7 Å². The summed E-state index contributed by atoms with van der Waals surface area (Å²) in [6, 6.07) is 5.84. The number of aromatic amines is 1. The third-order valence-corrected chi connectivity index (χ3v) is 2.41. The summed E-state index contributed by atoms with van der Waals surface area (Å²) in [4.78, 5) is 11.5. The third-order valence-electron chi connectivity index (χ3n) is 2.21. The topological polar surface area (TPSA) is 41.6 Å². The minimum atomic E-state index is 0.646.